The van der Waals surface area contributed by atoms with Gasteiger partial charge in [0.05, 0.1) is 29.5 Å². The lowest BCUT2D eigenvalue weighted by Gasteiger charge is -2.48. The van der Waals surface area contributed by atoms with Crippen LogP contribution in [0.2, 0.25) is 0 Å². The summed E-state index contributed by atoms with van der Waals surface area (Å²) in [7, 11) is 0. The maximum atomic E-state index is 15.8. The summed E-state index contributed by atoms with van der Waals surface area (Å²) in [6.07, 6.45) is -0.162. The zero-order chi connectivity index (χ0) is 27.3. The molecule has 1 aromatic carbocycles. The number of aromatic nitrogens is 2. The quantitative estimate of drug-likeness (QED) is 0.481. The Bertz CT molecular complexity index is 1430. The third kappa shape index (κ3) is 4.50. The fourth-order valence-electron chi connectivity index (χ4n) is 5.60. The Morgan fingerprint density at radius 2 is 2.00 bits per heavy atom. The molecule has 1 spiro atoms. The Hall–Kier alpha value is -3.99. The fraction of sp³-hybridized carbons (Fsp3) is 0.357. The second kappa shape index (κ2) is 9.64. The molecule has 11 heteroatoms. The molecule has 0 bridgehead atoms. The summed E-state index contributed by atoms with van der Waals surface area (Å²) in [6, 6.07) is 10.2. The number of nitrogens with zero attached hydrogens (tertiary/aromatic N) is 4. The fourth-order valence-corrected chi connectivity index (χ4v) is 5.60. The van der Waals surface area contributed by atoms with E-state index < -0.39 is 36.7 Å². The highest BCUT2D eigenvalue weighted by Gasteiger charge is 2.47. The van der Waals surface area contributed by atoms with Gasteiger partial charge in [-0.2, -0.15) is 4.39 Å². The molecule has 3 aliphatic heterocycles. The number of amides is 2. The Morgan fingerprint density at radius 3 is 2.69 bits per heavy atom. The van der Waals surface area contributed by atoms with Crippen LogP contribution in [0.4, 0.5) is 30.4 Å². The number of alkyl halides is 2. The number of hydrogen-bond donors (Lipinski definition) is 1. The van der Waals surface area contributed by atoms with E-state index in [2.05, 4.69) is 15.3 Å². The van der Waals surface area contributed by atoms with Crippen molar-refractivity contribution in [2.45, 2.75) is 25.7 Å². The van der Waals surface area contributed by atoms with E-state index in [9.17, 15) is 18.4 Å². The smallest absolute Gasteiger partial charge is 0.263 e. The van der Waals surface area contributed by atoms with Crippen LogP contribution in [-0.2, 0) is 14.3 Å². The van der Waals surface area contributed by atoms with E-state index in [1.54, 1.807) is 25.1 Å². The largest absolute Gasteiger partial charge is 0.381 e. The van der Waals surface area contributed by atoms with Crippen LogP contribution in [0.25, 0.3) is 11.1 Å². The number of carbonyl (C=O) groups excluding carboxylic acids is 2. The minimum absolute atomic E-state index is 0.0330. The zero-order valence-electron chi connectivity index (χ0n) is 21.2. The van der Waals surface area contributed by atoms with E-state index in [4.69, 9.17) is 4.74 Å². The first-order chi connectivity index (χ1) is 18.7. The molecular formula is C28H26F3N5O3. The first kappa shape index (κ1) is 25.3. The third-order valence-electron chi connectivity index (χ3n) is 7.70. The molecular weight excluding hydrogens is 511 g/mol. The van der Waals surface area contributed by atoms with Crippen LogP contribution in [-0.4, -0.2) is 54.6 Å². The number of carbonyl (C=O) groups is 2. The first-order valence-electron chi connectivity index (χ1n) is 12.7. The summed E-state index contributed by atoms with van der Waals surface area (Å²) in [5.41, 5.74) is 1.34. The number of rotatable bonds is 5. The van der Waals surface area contributed by atoms with Crippen LogP contribution in [0.1, 0.15) is 36.9 Å². The molecule has 1 N–H and O–H groups in total. The van der Waals surface area contributed by atoms with Gasteiger partial charge < -0.3 is 19.9 Å². The molecule has 0 radical (unpaired) electrons. The molecule has 5 heterocycles. The van der Waals surface area contributed by atoms with Gasteiger partial charge in [0.15, 0.2) is 0 Å². The highest BCUT2D eigenvalue weighted by molar-refractivity contribution is 6.09. The lowest BCUT2D eigenvalue weighted by atomic mass is 9.79. The van der Waals surface area contributed by atoms with Crippen molar-refractivity contribution in [3.63, 3.8) is 0 Å². The van der Waals surface area contributed by atoms with Crippen LogP contribution in [0.3, 0.4) is 0 Å². The van der Waals surface area contributed by atoms with Gasteiger partial charge in [-0.3, -0.25) is 14.6 Å². The van der Waals surface area contributed by atoms with E-state index >= 15 is 4.39 Å². The van der Waals surface area contributed by atoms with Gasteiger partial charge >= 0.3 is 0 Å². The van der Waals surface area contributed by atoms with Gasteiger partial charge in [0, 0.05) is 54.2 Å². The number of anilines is 3. The Kier molecular flexibility index (Phi) is 6.25. The number of halogens is 3. The topological polar surface area (TPSA) is 87.7 Å². The molecule has 6 rings (SSSR count). The molecule has 2 saturated heterocycles. The molecule has 3 aromatic rings. The average molecular weight is 538 g/mol. The lowest BCUT2D eigenvalue weighted by molar-refractivity contribution is -0.122. The predicted molar refractivity (Wildman–Crippen MR) is 138 cm³/mol. The van der Waals surface area contributed by atoms with Gasteiger partial charge in [-0.1, -0.05) is 18.2 Å². The molecule has 202 valence electrons. The molecule has 1 atom stereocenters. The van der Waals surface area contributed by atoms with Crippen LogP contribution in [0, 0.1) is 11.4 Å². The monoisotopic (exact) mass is 537 g/mol. The molecule has 2 aromatic heterocycles. The second-order valence-corrected chi connectivity index (χ2v) is 10.4. The summed E-state index contributed by atoms with van der Waals surface area (Å²) >= 11 is 0. The summed E-state index contributed by atoms with van der Waals surface area (Å²) in [5.74, 6) is -2.11. The second-order valence-electron chi connectivity index (χ2n) is 10.4. The maximum absolute atomic E-state index is 15.8. The number of nitrogens with one attached hydrogen (secondary N) is 1. The van der Waals surface area contributed by atoms with Gasteiger partial charge in [-0.15, -0.1) is 0 Å². The molecule has 2 amide bonds. The zero-order valence-corrected chi connectivity index (χ0v) is 21.2. The Balaban J connectivity index is 1.35. The van der Waals surface area contributed by atoms with Gasteiger partial charge in [-0.25, -0.2) is 13.8 Å². The number of pyridine rings is 2. The Labute approximate surface area is 222 Å². The average Bonchev–Trinajstić information content (AvgIpc) is 3.38. The highest BCUT2D eigenvalue weighted by atomic mass is 19.3. The van der Waals surface area contributed by atoms with Gasteiger partial charge in [0.1, 0.15) is 12.4 Å². The number of hydrogen-bond acceptors (Lipinski definition) is 6. The van der Waals surface area contributed by atoms with Crippen molar-refractivity contribution in [2.24, 2.45) is 5.41 Å². The molecule has 0 unspecified atom stereocenters. The summed E-state index contributed by atoms with van der Waals surface area (Å²) in [6.45, 7) is 3.92. The minimum atomic E-state index is -2.63. The van der Waals surface area contributed by atoms with Crippen molar-refractivity contribution in [1.82, 2.24) is 9.97 Å². The summed E-state index contributed by atoms with van der Waals surface area (Å²) < 4.78 is 47.1. The van der Waals surface area contributed by atoms with E-state index in [1.165, 1.54) is 35.4 Å². The van der Waals surface area contributed by atoms with Gasteiger partial charge in [0.2, 0.25) is 17.8 Å². The number of benzene rings is 1. The van der Waals surface area contributed by atoms with Crippen molar-refractivity contribution < 1.29 is 27.5 Å². The van der Waals surface area contributed by atoms with Gasteiger partial charge in [-0.05, 0) is 31.5 Å². The highest BCUT2D eigenvalue weighted by Crippen LogP contribution is 2.45. The molecule has 3 aliphatic rings. The molecule has 8 nitrogen and oxygen atoms in total. The third-order valence-corrected chi connectivity index (χ3v) is 7.70. The molecule has 2 fully saturated rings. The lowest BCUT2D eigenvalue weighted by Crippen LogP contribution is -2.57. The molecule has 0 aliphatic carbocycles. The van der Waals surface area contributed by atoms with Crippen molar-refractivity contribution >= 4 is 29.0 Å². The molecule has 39 heavy (non-hydrogen) atoms. The van der Waals surface area contributed by atoms with Crippen molar-refractivity contribution in [2.75, 3.05) is 48.0 Å². The Morgan fingerprint density at radius 1 is 1.23 bits per heavy atom. The first-order valence-corrected chi connectivity index (χ1v) is 12.7. The van der Waals surface area contributed by atoms with Crippen LogP contribution >= 0.6 is 0 Å². The van der Waals surface area contributed by atoms with E-state index in [-0.39, 0.29) is 22.2 Å². The summed E-state index contributed by atoms with van der Waals surface area (Å²) in [5, 5.41) is 2.64. The number of ether oxygens (including phenoxy) is 1. The van der Waals surface area contributed by atoms with E-state index in [0.717, 1.165) is 6.42 Å². The van der Waals surface area contributed by atoms with Crippen molar-refractivity contribution in [3.05, 3.63) is 65.9 Å². The molecule has 0 saturated carbocycles. The normalized spacial score (nSPS) is 19.5. The van der Waals surface area contributed by atoms with Crippen LogP contribution in [0.5, 0.6) is 0 Å². The van der Waals surface area contributed by atoms with Crippen LogP contribution in [0.15, 0.2) is 48.7 Å². The predicted octanol–water partition coefficient (Wildman–Crippen LogP) is 4.54. The maximum Gasteiger partial charge on any atom is 0.263 e. The van der Waals surface area contributed by atoms with Crippen molar-refractivity contribution in [3.8, 4) is 11.1 Å². The minimum Gasteiger partial charge on any atom is -0.381 e. The van der Waals surface area contributed by atoms with E-state index in [0.29, 0.717) is 49.1 Å². The van der Waals surface area contributed by atoms with Crippen molar-refractivity contribution in [1.29, 1.82) is 0 Å². The SMILES string of the molecule is C[C@@H]1C(=O)N(CC(=O)Nc2ccc(C(F)F)cc2)c2cc(N3CC4(CCOC4)C3)nc(F)c2-c2cccnc21. The summed E-state index contributed by atoms with van der Waals surface area (Å²) in [4.78, 5) is 38.6. The van der Waals surface area contributed by atoms with Gasteiger partial charge in [0.25, 0.3) is 6.43 Å². The number of fused-ring (bicyclic) bond motifs is 3. The van der Waals surface area contributed by atoms with E-state index in [1.807, 2.05) is 4.90 Å². The standard InChI is InChI=1S/C28H26F3N5O3/c1-16-24-19(3-2-9-32-24)23-20(11-21(34-26(23)31)35-13-28(14-35)8-10-39-15-28)36(27(16)38)12-22(37)33-18-6-4-17(5-7-18)25(29)30/h2-7,9,11,16,25H,8,10,12-15H2,1H3,(H,33,37)/t16-/m0/s1. The van der Waals surface area contributed by atoms with Crippen LogP contribution < -0.4 is 15.1 Å².